The minimum Gasteiger partial charge on any atom is -0.491 e. The number of carbonyl (C=O) groups is 1. The van der Waals surface area contributed by atoms with E-state index in [2.05, 4.69) is 15.0 Å². The zero-order valence-electron chi connectivity index (χ0n) is 17.5. The van der Waals surface area contributed by atoms with E-state index in [-0.39, 0.29) is 24.1 Å². The van der Waals surface area contributed by atoms with Gasteiger partial charge in [-0.05, 0) is 18.1 Å². The third kappa shape index (κ3) is 5.37. The minimum atomic E-state index is -4.48. The van der Waals surface area contributed by atoms with Crippen LogP contribution in [0.3, 0.4) is 0 Å². The summed E-state index contributed by atoms with van der Waals surface area (Å²) in [5.41, 5.74) is 11.4. The van der Waals surface area contributed by atoms with Gasteiger partial charge in [0.25, 0.3) is 5.91 Å². The van der Waals surface area contributed by atoms with E-state index in [1.165, 1.54) is 0 Å². The van der Waals surface area contributed by atoms with Crippen LogP contribution in [0.1, 0.15) is 19.5 Å². The van der Waals surface area contributed by atoms with E-state index in [0.717, 1.165) is 6.34 Å². The van der Waals surface area contributed by atoms with E-state index < -0.39 is 24.7 Å². The molecule has 0 spiro atoms. The predicted molar refractivity (Wildman–Crippen MR) is 112 cm³/mol. The van der Waals surface area contributed by atoms with Crippen LogP contribution >= 0.6 is 0 Å². The Morgan fingerprint density at radius 2 is 2.16 bits per heavy atom. The molecule has 1 unspecified atom stereocenters. The fourth-order valence-electron chi connectivity index (χ4n) is 3.14. The van der Waals surface area contributed by atoms with Crippen LogP contribution in [0.4, 0.5) is 13.2 Å². The number of amidine groups is 1. The number of halogens is 3. The largest absolute Gasteiger partial charge is 0.491 e. The van der Waals surface area contributed by atoms with Crippen molar-refractivity contribution in [3.05, 3.63) is 30.1 Å². The fourth-order valence-corrected chi connectivity index (χ4v) is 3.14. The van der Waals surface area contributed by atoms with Gasteiger partial charge in [-0.15, -0.1) is 0 Å². The van der Waals surface area contributed by atoms with Crippen molar-refractivity contribution in [3.8, 4) is 22.9 Å². The molecule has 3 rings (SSSR count). The molecule has 1 aromatic carbocycles. The summed E-state index contributed by atoms with van der Waals surface area (Å²) in [7, 11) is 0. The summed E-state index contributed by atoms with van der Waals surface area (Å²) in [6, 6.07) is 4.95. The van der Waals surface area contributed by atoms with E-state index in [0.29, 0.717) is 29.4 Å². The SMILES string of the molecule is CC(C)C(Oc1ccc2c(c1)OCCn1cc(C(N=CN)=NCC(F)(F)F)nc1-2)C(N)=O. The van der Waals surface area contributed by atoms with Crippen LogP contribution in [0.5, 0.6) is 11.5 Å². The van der Waals surface area contributed by atoms with Crippen molar-refractivity contribution in [3.63, 3.8) is 0 Å². The van der Waals surface area contributed by atoms with Gasteiger partial charge >= 0.3 is 6.18 Å². The summed E-state index contributed by atoms with van der Waals surface area (Å²) in [6.45, 7) is 2.89. The van der Waals surface area contributed by atoms with Gasteiger partial charge in [-0.2, -0.15) is 13.2 Å². The van der Waals surface area contributed by atoms with Crippen LogP contribution in [0.15, 0.2) is 34.4 Å². The second-order valence-electron chi connectivity index (χ2n) is 7.37. The summed E-state index contributed by atoms with van der Waals surface area (Å²) >= 11 is 0. The first-order valence-corrected chi connectivity index (χ1v) is 9.75. The number of hydrogen-bond donors (Lipinski definition) is 2. The normalized spacial score (nSPS) is 15.1. The van der Waals surface area contributed by atoms with Crippen molar-refractivity contribution in [1.82, 2.24) is 9.55 Å². The number of benzene rings is 1. The number of primary amides is 1. The Bertz CT molecular complexity index is 1050. The molecule has 1 aliphatic rings. The lowest BCUT2D eigenvalue weighted by Gasteiger charge is -2.20. The van der Waals surface area contributed by atoms with Crippen LogP contribution in [0, 0.1) is 5.92 Å². The van der Waals surface area contributed by atoms with E-state index in [1.54, 1.807) is 29.0 Å². The van der Waals surface area contributed by atoms with Crippen molar-refractivity contribution < 1.29 is 27.4 Å². The van der Waals surface area contributed by atoms with E-state index in [9.17, 15) is 18.0 Å². The lowest BCUT2D eigenvalue weighted by atomic mass is 10.1. The summed E-state index contributed by atoms with van der Waals surface area (Å²) < 4.78 is 51.1. The highest BCUT2D eigenvalue weighted by atomic mass is 19.4. The second-order valence-corrected chi connectivity index (χ2v) is 7.37. The number of rotatable bonds is 6. The molecule has 12 heteroatoms. The maximum absolute atomic E-state index is 12.6. The zero-order chi connectivity index (χ0) is 23.5. The van der Waals surface area contributed by atoms with Gasteiger partial charge in [0.05, 0.1) is 18.4 Å². The predicted octanol–water partition coefficient (Wildman–Crippen LogP) is 2.13. The highest BCUT2D eigenvalue weighted by Gasteiger charge is 2.28. The monoisotopic (exact) mass is 452 g/mol. The van der Waals surface area contributed by atoms with E-state index in [1.807, 2.05) is 13.8 Å². The summed E-state index contributed by atoms with van der Waals surface area (Å²) in [4.78, 5) is 23.3. The van der Waals surface area contributed by atoms with Gasteiger partial charge in [0.1, 0.15) is 36.2 Å². The number of nitrogens with zero attached hydrogens (tertiary/aromatic N) is 4. The van der Waals surface area contributed by atoms with Gasteiger partial charge in [-0.25, -0.2) is 9.98 Å². The van der Waals surface area contributed by atoms with Crippen molar-refractivity contribution in [2.75, 3.05) is 13.2 Å². The molecule has 0 fully saturated rings. The number of aliphatic imine (C=N–C) groups is 2. The summed E-state index contributed by atoms with van der Waals surface area (Å²) in [5, 5.41) is 0. The Morgan fingerprint density at radius 3 is 2.78 bits per heavy atom. The molecule has 1 amide bonds. The number of amides is 1. The maximum Gasteiger partial charge on any atom is 0.408 e. The van der Waals surface area contributed by atoms with Crippen LogP contribution in [0.2, 0.25) is 0 Å². The van der Waals surface area contributed by atoms with Crippen LogP contribution in [-0.4, -0.2) is 53.1 Å². The van der Waals surface area contributed by atoms with Gasteiger partial charge in [0, 0.05) is 12.3 Å². The molecule has 0 bridgehead atoms. The quantitative estimate of drug-likeness (QED) is 0.512. The van der Waals surface area contributed by atoms with Gasteiger partial charge < -0.3 is 25.5 Å². The first-order valence-electron chi connectivity index (χ1n) is 9.75. The second kappa shape index (κ2) is 9.28. The number of carbonyl (C=O) groups excluding carboxylic acids is 1. The van der Waals surface area contributed by atoms with Crippen LogP contribution < -0.4 is 20.9 Å². The Hall–Kier alpha value is -3.57. The number of imidazole rings is 1. The smallest absolute Gasteiger partial charge is 0.408 e. The molecule has 9 nitrogen and oxygen atoms in total. The molecule has 1 aromatic heterocycles. The number of alkyl halides is 3. The number of ether oxygens (including phenoxy) is 2. The average Bonchev–Trinajstić information content (AvgIpc) is 3.04. The Kier molecular flexibility index (Phi) is 6.70. The lowest BCUT2D eigenvalue weighted by molar-refractivity contribution is -0.126. The molecule has 1 aliphatic heterocycles. The molecule has 0 aliphatic carbocycles. The first-order chi connectivity index (χ1) is 15.1. The van der Waals surface area contributed by atoms with Gasteiger partial charge in [0.2, 0.25) is 0 Å². The molecular weight excluding hydrogens is 429 g/mol. The van der Waals surface area contributed by atoms with Crippen LogP contribution in [-0.2, 0) is 11.3 Å². The van der Waals surface area contributed by atoms with Crippen molar-refractivity contribution in [1.29, 1.82) is 0 Å². The number of hydrogen-bond acceptors (Lipinski definition) is 5. The standard InChI is InChI=1S/C20H23F3N6O3/c1-11(2)16(17(25)30)32-12-3-4-13-15(7-12)31-6-5-29-8-14(28-19(13)29)18(27-10-24)26-9-20(21,22)23/h3-4,7-8,10-11,16H,5-6,9H2,1-2H3,(H2,25,30)(H2,24,26,27). The van der Waals surface area contributed by atoms with E-state index in [4.69, 9.17) is 20.9 Å². The highest BCUT2D eigenvalue weighted by Crippen LogP contribution is 2.35. The third-order valence-corrected chi connectivity index (χ3v) is 4.54. The van der Waals surface area contributed by atoms with Gasteiger partial charge in [0.15, 0.2) is 11.9 Å². The number of fused-ring (bicyclic) bond motifs is 3. The van der Waals surface area contributed by atoms with Crippen molar-refractivity contribution in [2.45, 2.75) is 32.7 Å². The Morgan fingerprint density at radius 1 is 1.41 bits per heavy atom. The zero-order valence-corrected chi connectivity index (χ0v) is 17.5. The molecular formula is C20H23F3N6O3. The van der Waals surface area contributed by atoms with Crippen LogP contribution in [0.25, 0.3) is 11.4 Å². The summed E-state index contributed by atoms with van der Waals surface area (Å²) in [5.74, 6) is 0.354. The Balaban J connectivity index is 1.96. The number of nitrogens with two attached hydrogens (primary N) is 2. The maximum atomic E-state index is 12.6. The number of aromatic nitrogens is 2. The fraction of sp³-hybridized carbons (Fsp3) is 0.400. The van der Waals surface area contributed by atoms with Crippen molar-refractivity contribution in [2.24, 2.45) is 27.4 Å². The molecule has 0 saturated heterocycles. The molecule has 2 heterocycles. The molecule has 2 aromatic rings. The Labute approximate surface area is 181 Å². The topological polar surface area (TPSA) is 130 Å². The average molecular weight is 452 g/mol. The molecule has 172 valence electrons. The molecule has 0 radical (unpaired) electrons. The lowest BCUT2D eigenvalue weighted by Crippen LogP contribution is -2.37. The van der Waals surface area contributed by atoms with Gasteiger partial charge in [-0.1, -0.05) is 13.8 Å². The highest BCUT2D eigenvalue weighted by molar-refractivity contribution is 6.01. The minimum absolute atomic E-state index is 0.133. The molecule has 0 saturated carbocycles. The summed E-state index contributed by atoms with van der Waals surface area (Å²) in [6.07, 6.45) is -2.89. The van der Waals surface area contributed by atoms with Gasteiger partial charge in [-0.3, -0.25) is 9.79 Å². The first kappa shape index (κ1) is 23.1. The van der Waals surface area contributed by atoms with E-state index >= 15 is 0 Å². The molecule has 32 heavy (non-hydrogen) atoms. The molecule has 1 atom stereocenters. The molecule has 4 N–H and O–H groups in total. The van der Waals surface area contributed by atoms with Crippen molar-refractivity contribution >= 4 is 18.1 Å². The third-order valence-electron chi connectivity index (χ3n) is 4.54.